The predicted molar refractivity (Wildman–Crippen MR) is 98.6 cm³/mol. The van der Waals surface area contributed by atoms with E-state index in [9.17, 15) is 9.59 Å². The first-order chi connectivity index (χ1) is 12.6. The maximum Gasteiger partial charge on any atom is 0.289 e. The quantitative estimate of drug-likeness (QED) is 0.693. The summed E-state index contributed by atoms with van der Waals surface area (Å²) in [6.07, 6.45) is 3.76. The lowest BCUT2D eigenvalue weighted by Crippen LogP contribution is -2.49. The number of benzene rings is 1. The van der Waals surface area contributed by atoms with Crippen LogP contribution in [0.2, 0.25) is 5.02 Å². The van der Waals surface area contributed by atoms with Crippen LogP contribution in [0.25, 0.3) is 11.0 Å². The van der Waals surface area contributed by atoms with E-state index in [2.05, 4.69) is 9.88 Å². The molecule has 0 saturated carbocycles. The van der Waals surface area contributed by atoms with Crippen molar-refractivity contribution in [2.24, 2.45) is 0 Å². The molecule has 0 radical (unpaired) electrons. The first-order valence-electron chi connectivity index (χ1n) is 8.35. The minimum atomic E-state index is -0.267. The number of anilines is 1. The van der Waals surface area contributed by atoms with Crippen molar-refractivity contribution in [3.63, 3.8) is 0 Å². The van der Waals surface area contributed by atoms with Gasteiger partial charge in [-0.2, -0.15) is 0 Å². The van der Waals surface area contributed by atoms with E-state index in [-0.39, 0.29) is 17.1 Å². The summed E-state index contributed by atoms with van der Waals surface area (Å²) in [5, 5.41) is 0.832. The normalized spacial score (nSPS) is 14.7. The Hall–Kier alpha value is -2.86. The van der Waals surface area contributed by atoms with E-state index in [1.165, 1.54) is 6.07 Å². The Balaban J connectivity index is 1.53. The molecule has 132 valence electrons. The summed E-state index contributed by atoms with van der Waals surface area (Å²) in [6, 6.07) is 10.1. The largest absolute Gasteiger partial charge is 0.451 e. The Morgan fingerprint density at radius 2 is 1.77 bits per heavy atom. The van der Waals surface area contributed by atoms with Crippen LogP contribution < -0.4 is 15.3 Å². The summed E-state index contributed by atoms with van der Waals surface area (Å²) in [5.74, 6) is -0.201. The number of hydrogen-bond acceptors (Lipinski definition) is 4. The van der Waals surface area contributed by atoms with Gasteiger partial charge in [-0.3, -0.25) is 9.59 Å². The predicted octanol–water partition coefficient (Wildman–Crippen LogP) is 2.22. The Morgan fingerprint density at radius 1 is 1.04 bits per heavy atom. The highest BCUT2D eigenvalue weighted by Gasteiger charge is 2.24. The molecule has 1 aromatic carbocycles. The van der Waals surface area contributed by atoms with Crippen molar-refractivity contribution in [1.29, 1.82) is 0 Å². The number of hydrogen-bond donors (Lipinski definition) is 0. The van der Waals surface area contributed by atoms with Crippen LogP contribution in [0.1, 0.15) is 10.6 Å². The number of fused-ring (bicyclic) bond motifs is 1. The first-order valence-corrected chi connectivity index (χ1v) is 8.73. The molecule has 1 fully saturated rings. The van der Waals surface area contributed by atoms with E-state index >= 15 is 0 Å². The second-order valence-corrected chi connectivity index (χ2v) is 6.59. The van der Waals surface area contributed by atoms with Gasteiger partial charge in [0.05, 0.1) is 5.39 Å². The first kappa shape index (κ1) is 16.6. The van der Waals surface area contributed by atoms with Crippen LogP contribution in [0, 0.1) is 0 Å². The second-order valence-electron chi connectivity index (χ2n) is 6.15. The maximum absolute atomic E-state index is 12.7. The van der Waals surface area contributed by atoms with Crippen LogP contribution in [0.15, 0.2) is 58.0 Å². The molecule has 6 nitrogen and oxygen atoms in total. The average Bonchev–Trinajstić information content (AvgIpc) is 2.68. The van der Waals surface area contributed by atoms with E-state index < -0.39 is 0 Å². The van der Waals surface area contributed by atoms with Gasteiger partial charge in [0.1, 0.15) is 5.58 Å². The van der Waals surface area contributed by atoms with Crippen molar-refractivity contribution in [2.45, 2.75) is 0 Å². The third kappa shape index (κ3) is 3.15. The second kappa shape index (κ2) is 6.80. The van der Waals surface area contributed by atoms with Crippen molar-refractivity contribution in [3.8, 4) is 0 Å². The molecule has 3 heterocycles. The van der Waals surface area contributed by atoms with Crippen LogP contribution in [-0.4, -0.2) is 37.0 Å². The van der Waals surface area contributed by atoms with Crippen molar-refractivity contribution >= 4 is 34.2 Å². The summed E-state index contributed by atoms with van der Waals surface area (Å²) in [5.41, 5.74) is 1.21. The molecule has 4 rings (SSSR count). The Kier molecular flexibility index (Phi) is 4.34. The lowest BCUT2D eigenvalue weighted by Gasteiger charge is -2.35. The highest BCUT2D eigenvalue weighted by Crippen LogP contribution is 2.19. The zero-order valence-corrected chi connectivity index (χ0v) is 14.7. The molecule has 3 aromatic rings. The number of nitrogens with zero attached hydrogens (tertiary/aromatic N) is 2. The number of carbonyl (C=O) groups excluding carboxylic acids is 1. The Bertz CT molecular complexity index is 1010. The van der Waals surface area contributed by atoms with Gasteiger partial charge in [0.25, 0.3) is 5.91 Å². The SMILES string of the molecule is O=C(c1cc(=O)c2cc(Cl)ccc2o1)N1CCN(c2cc[nH+]cc2)CC1. The van der Waals surface area contributed by atoms with Gasteiger partial charge >= 0.3 is 0 Å². The fourth-order valence-corrected chi connectivity index (χ4v) is 3.32. The van der Waals surface area contributed by atoms with Crippen LogP contribution in [-0.2, 0) is 0 Å². The molecule has 0 aliphatic carbocycles. The summed E-state index contributed by atoms with van der Waals surface area (Å²) in [6.45, 7) is 2.59. The lowest BCUT2D eigenvalue weighted by molar-refractivity contribution is -0.377. The number of pyridine rings is 1. The molecule has 2 aromatic heterocycles. The highest BCUT2D eigenvalue weighted by atomic mass is 35.5. The van der Waals surface area contributed by atoms with E-state index in [1.54, 1.807) is 23.1 Å². The topological polar surface area (TPSA) is 67.9 Å². The fourth-order valence-electron chi connectivity index (χ4n) is 3.15. The molecule has 7 heteroatoms. The molecule has 1 aliphatic heterocycles. The number of nitrogens with one attached hydrogen (secondary N) is 1. The Labute approximate surface area is 154 Å². The van der Waals surface area contributed by atoms with E-state index in [4.69, 9.17) is 16.0 Å². The van der Waals surface area contributed by atoms with Crippen LogP contribution in [0.4, 0.5) is 5.69 Å². The minimum Gasteiger partial charge on any atom is -0.451 e. The van der Waals surface area contributed by atoms with Gasteiger partial charge in [-0.1, -0.05) is 11.6 Å². The highest BCUT2D eigenvalue weighted by molar-refractivity contribution is 6.31. The molecular formula is C19H17ClN3O3+. The number of halogens is 1. The summed E-state index contributed by atoms with van der Waals surface area (Å²) in [7, 11) is 0. The standard InChI is InChI=1S/C19H16ClN3O3/c20-13-1-2-17-15(11-13)16(24)12-18(26-17)19(25)23-9-7-22(8-10-23)14-3-5-21-6-4-14/h1-6,11-12H,7-10H2/p+1. The van der Waals surface area contributed by atoms with Crippen LogP contribution in [0.3, 0.4) is 0 Å². The third-order valence-corrected chi connectivity index (χ3v) is 4.77. The van der Waals surface area contributed by atoms with Gasteiger partial charge in [0.2, 0.25) is 0 Å². The number of aromatic nitrogens is 1. The molecule has 0 bridgehead atoms. The average molecular weight is 371 g/mol. The van der Waals surface area contributed by atoms with Crippen LogP contribution >= 0.6 is 11.6 Å². The number of rotatable bonds is 2. The summed E-state index contributed by atoms with van der Waals surface area (Å²) in [4.78, 5) is 32.0. The number of aromatic amines is 1. The van der Waals surface area contributed by atoms with Gasteiger partial charge < -0.3 is 14.2 Å². The zero-order chi connectivity index (χ0) is 18.1. The number of H-pyrrole nitrogens is 1. The van der Waals surface area contributed by atoms with Gasteiger partial charge in [-0.15, -0.1) is 0 Å². The van der Waals surface area contributed by atoms with Gasteiger partial charge in [-0.05, 0) is 18.2 Å². The molecule has 1 amide bonds. The number of amides is 1. The monoisotopic (exact) mass is 370 g/mol. The van der Waals surface area contributed by atoms with Crippen molar-refractivity contribution in [3.05, 3.63) is 69.8 Å². The van der Waals surface area contributed by atoms with Crippen LogP contribution in [0.5, 0.6) is 0 Å². The molecule has 0 spiro atoms. The van der Waals surface area contributed by atoms with E-state index in [0.717, 1.165) is 18.8 Å². The lowest BCUT2D eigenvalue weighted by atomic mass is 10.2. The number of piperazine rings is 1. The summed E-state index contributed by atoms with van der Waals surface area (Å²) >= 11 is 5.92. The Morgan fingerprint density at radius 3 is 2.50 bits per heavy atom. The van der Waals surface area contributed by atoms with E-state index in [1.807, 2.05) is 24.5 Å². The number of carbonyl (C=O) groups is 1. The van der Waals surface area contributed by atoms with Gasteiger partial charge in [0.15, 0.2) is 23.6 Å². The van der Waals surface area contributed by atoms with Crippen molar-refractivity contribution in [2.75, 3.05) is 31.1 Å². The minimum absolute atomic E-state index is 0.0626. The van der Waals surface area contributed by atoms with Gasteiger partial charge in [0, 0.05) is 55.1 Å². The smallest absolute Gasteiger partial charge is 0.289 e. The third-order valence-electron chi connectivity index (χ3n) is 4.53. The fraction of sp³-hybridized carbons (Fsp3) is 0.211. The van der Waals surface area contributed by atoms with Gasteiger partial charge in [-0.25, -0.2) is 4.98 Å². The molecule has 1 saturated heterocycles. The van der Waals surface area contributed by atoms with E-state index in [0.29, 0.717) is 29.1 Å². The molecule has 0 atom stereocenters. The maximum atomic E-state index is 12.7. The molecule has 1 aliphatic rings. The molecular weight excluding hydrogens is 354 g/mol. The molecule has 0 unspecified atom stereocenters. The molecule has 26 heavy (non-hydrogen) atoms. The zero-order valence-electron chi connectivity index (χ0n) is 13.9. The summed E-state index contributed by atoms with van der Waals surface area (Å²) < 4.78 is 5.66. The molecule has 1 N–H and O–H groups in total. The van der Waals surface area contributed by atoms with Crippen molar-refractivity contribution in [1.82, 2.24) is 4.90 Å². The van der Waals surface area contributed by atoms with Crippen molar-refractivity contribution < 1.29 is 14.2 Å².